The van der Waals surface area contributed by atoms with Gasteiger partial charge in [-0.25, -0.2) is 15.0 Å². The van der Waals surface area contributed by atoms with E-state index in [9.17, 15) is 0 Å². The number of ether oxygens (including phenoxy) is 1. The van der Waals surface area contributed by atoms with E-state index in [0.717, 1.165) is 17.0 Å². The van der Waals surface area contributed by atoms with E-state index in [1.54, 1.807) is 24.7 Å². The van der Waals surface area contributed by atoms with Crippen LogP contribution in [0.3, 0.4) is 0 Å². The maximum absolute atomic E-state index is 5.74. The lowest BCUT2D eigenvalue weighted by molar-refractivity contribution is 0.459. The molecule has 1 aromatic carbocycles. The highest BCUT2D eigenvalue weighted by Crippen LogP contribution is 2.24. The zero-order valence-corrected chi connectivity index (χ0v) is 11.5. The molecule has 0 aliphatic rings. The van der Waals surface area contributed by atoms with Gasteiger partial charge >= 0.3 is 0 Å². The highest BCUT2D eigenvalue weighted by Gasteiger charge is 2.02. The van der Waals surface area contributed by atoms with E-state index in [4.69, 9.17) is 4.74 Å². The highest BCUT2D eigenvalue weighted by molar-refractivity contribution is 5.54. The fourth-order valence-electron chi connectivity index (χ4n) is 1.79. The van der Waals surface area contributed by atoms with Crippen molar-refractivity contribution in [2.75, 3.05) is 5.32 Å². The molecule has 104 valence electrons. The molecule has 21 heavy (non-hydrogen) atoms. The number of hydrogen-bond donors (Lipinski definition) is 1. The van der Waals surface area contributed by atoms with Crippen molar-refractivity contribution in [2.45, 2.75) is 6.92 Å². The van der Waals surface area contributed by atoms with Gasteiger partial charge < -0.3 is 10.1 Å². The zero-order chi connectivity index (χ0) is 14.5. The second-order valence-electron chi connectivity index (χ2n) is 4.45. The molecule has 0 unspecified atom stereocenters. The van der Waals surface area contributed by atoms with Crippen LogP contribution in [-0.4, -0.2) is 15.0 Å². The second kappa shape index (κ2) is 6.00. The van der Waals surface area contributed by atoms with E-state index in [1.807, 2.05) is 43.3 Å². The first kappa shape index (κ1) is 13.1. The van der Waals surface area contributed by atoms with Gasteiger partial charge in [0.25, 0.3) is 0 Å². The molecule has 0 spiro atoms. The Hall–Kier alpha value is -2.95. The van der Waals surface area contributed by atoms with Crippen LogP contribution in [0.15, 0.2) is 61.1 Å². The Morgan fingerprint density at radius 2 is 1.57 bits per heavy atom. The van der Waals surface area contributed by atoms with Crippen LogP contribution in [0.4, 0.5) is 11.6 Å². The van der Waals surface area contributed by atoms with Crippen LogP contribution < -0.4 is 10.1 Å². The minimum absolute atomic E-state index is 0.562. The summed E-state index contributed by atoms with van der Waals surface area (Å²) < 4.78 is 5.74. The first-order valence-electron chi connectivity index (χ1n) is 6.55. The summed E-state index contributed by atoms with van der Waals surface area (Å²) in [4.78, 5) is 12.4. The van der Waals surface area contributed by atoms with Gasteiger partial charge in [0.15, 0.2) is 0 Å². The lowest BCUT2D eigenvalue weighted by Crippen LogP contribution is -1.95. The number of aromatic nitrogens is 3. The molecule has 5 heteroatoms. The fraction of sp³-hybridized carbons (Fsp3) is 0.0625. The summed E-state index contributed by atoms with van der Waals surface area (Å²) in [5.41, 5.74) is 1.89. The lowest BCUT2D eigenvalue weighted by Gasteiger charge is -2.08. The number of aryl methyl sites for hydroxylation is 1. The van der Waals surface area contributed by atoms with E-state index in [2.05, 4.69) is 20.3 Å². The van der Waals surface area contributed by atoms with E-state index < -0.39 is 0 Å². The quantitative estimate of drug-likeness (QED) is 0.788. The molecule has 0 fully saturated rings. The second-order valence-corrected chi connectivity index (χ2v) is 4.45. The standard InChI is InChI=1S/C16H14N4O/c1-12-4-2-9-17-15(12)21-14-7-5-13(6-8-14)20-16-18-10-3-11-19-16/h2-11H,1H3,(H,18,19,20). The summed E-state index contributed by atoms with van der Waals surface area (Å²) in [5.74, 6) is 1.91. The average Bonchev–Trinajstić information content (AvgIpc) is 2.52. The molecule has 2 aromatic heterocycles. The maximum Gasteiger partial charge on any atom is 0.227 e. The molecule has 0 atom stereocenters. The third-order valence-corrected chi connectivity index (χ3v) is 2.85. The molecule has 0 aliphatic heterocycles. The lowest BCUT2D eigenvalue weighted by atomic mass is 10.3. The van der Waals surface area contributed by atoms with Crippen LogP contribution in [0.5, 0.6) is 11.6 Å². The topological polar surface area (TPSA) is 59.9 Å². The SMILES string of the molecule is Cc1cccnc1Oc1ccc(Nc2ncccn2)cc1. The fourth-order valence-corrected chi connectivity index (χ4v) is 1.79. The molecule has 3 rings (SSSR count). The smallest absolute Gasteiger partial charge is 0.227 e. The Balaban J connectivity index is 1.71. The first-order valence-corrected chi connectivity index (χ1v) is 6.55. The van der Waals surface area contributed by atoms with Crippen LogP contribution in [-0.2, 0) is 0 Å². The Morgan fingerprint density at radius 1 is 0.857 bits per heavy atom. The molecular weight excluding hydrogens is 264 g/mol. The van der Waals surface area contributed by atoms with Gasteiger partial charge in [0.1, 0.15) is 5.75 Å². The minimum Gasteiger partial charge on any atom is -0.439 e. The van der Waals surface area contributed by atoms with Crippen molar-refractivity contribution in [3.8, 4) is 11.6 Å². The zero-order valence-electron chi connectivity index (χ0n) is 11.5. The van der Waals surface area contributed by atoms with Gasteiger partial charge in [-0.05, 0) is 43.3 Å². The van der Waals surface area contributed by atoms with Crippen LogP contribution in [0, 0.1) is 6.92 Å². The van der Waals surface area contributed by atoms with Gasteiger partial charge in [0.05, 0.1) is 0 Å². The number of nitrogens with one attached hydrogen (secondary N) is 1. The summed E-state index contributed by atoms with van der Waals surface area (Å²) in [6, 6.07) is 13.2. The van der Waals surface area contributed by atoms with Gasteiger partial charge in [-0.15, -0.1) is 0 Å². The largest absolute Gasteiger partial charge is 0.439 e. The molecule has 0 bridgehead atoms. The number of hydrogen-bond acceptors (Lipinski definition) is 5. The molecule has 0 radical (unpaired) electrons. The molecule has 0 saturated carbocycles. The Kier molecular flexibility index (Phi) is 3.73. The van der Waals surface area contributed by atoms with Gasteiger partial charge in [0.2, 0.25) is 11.8 Å². The minimum atomic E-state index is 0.562. The summed E-state index contributed by atoms with van der Waals surface area (Å²) in [6.07, 6.45) is 5.10. The van der Waals surface area contributed by atoms with Gasteiger partial charge in [-0.1, -0.05) is 6.07 Å². The Bertz CT molecular complexity index is 714. The first-order chi connectivity index (χ1) is 10.3. The summed E-state index contributed by atoms with van der Waals surface area (Å²) in [7, 11) is 0. The predicted molar refractivity (Wildman–Crippen MR) is 80.8 cm³/mol. The van der Waals surface area contributed by atoms with Crippen molar-refractivity contribution >= 4 is 11.6 Å². The Labute approximate surface area is 122 Å². The van der Waals surface area contributed by atoms with E-state index >= 15 is 0 Å². The third kappa shape index (κ3) is 3.33. The van der Waals surface area contributed by atoms with Gasteiger partial charge in [-0.3, -0.25) is 0 Å². The van der Waals surface area contributed by atoms with Crippen LogP contribution in [0.1, 0.15) is 5.56 Å². The number of pyridine rings is 1. The summed E-state index contributed by atoms with van der Waals surface area (Å²) >= 11 is 0. The number of anilines is 2. The van der Waals surface area contributed by atoms with E-state index in [1.165, 1.54) is 0 Å². The molecule has 0 saturated heterocycles. The van der Waals surface area contributed by atoms with Crippen molar-refractivity contribution in [3.63, 3.8) is 0 Å². The number of rotatable bonds is 4. The molecular formula is C16H14N4O. The number of nitrogens with zero attached hydrogens (tertiary/aromatic N) is 3. The molecule has 5 nitrogen and oxygen atoms in total. The van der Waals surface area contributed by atoms with Crippen molar-refractivity contribution in [2.24, 2.45) is 0 Å². The molecule has 1 N–H and O–H groups in total. The normalized spacial score (nSPS) is 10.1. The monoisotopic (exact) mass is 278 g/mol. The number of benzene rings is 1. The molecule has 0 aliphatic carbocycles. The van der Waals surface area contributed by atoms with E-state index in [-0.39, 0.29) is 0 Å². The highest BCUT2D eigenvalue weighted by atomic mass is 16.5. The molecule has 2 heterocycles. The molecule has 3 aromatic rings. The summed E-state index contributed by atoms with van der Waals surface area (Å²) in [5, 5.41) is 3.11. The van der Waals surface area contributed by atoms with Crippen molar-refractivity contribution in [3.05, 3.63) is 66.6 Å². The van der Waals surface area contributed by atoms with Crippen LogP contribution in [0.25, 0.3) is 0 Å². The Morgan fingerprint density at radius 3 is 2.29 bits per heavy atom. The summed E-state index contributed by atoms with van der Waals surface area (Å²) in [6.45, 7) is 1.96. The molecule has 0 amide bonds. The van der Waals surface area contributed by atoms with Crippen LogP contribution >= 0.6 is 0 Å². The van der Waals surface area contributed by atoms with E-state index in [0.29, 0.717) is 11.8 Å². The van der Waals surface area contributed by atoms with Crippen molar-refractivity contribution in [1.82, 2.24) is 15.0 Å². The predicted octanol–water partition coefficient (Wildman–Crippen LogP) is 3.72. The third-order valence-electron chi connectivity index (χ3n) is 2.85. The van der Waals surface area contributed by atoms with Gasteiger partial charge in [0, 0.05) is 29.8 Å². The van der Waals surface area contributed by atoms with Crippen molar-refractivity contribution < 1.29 is 4.74 Å². The van der Waals surface area contributed by atoms with Crippen LogP contribution in [0.2, 0.25) is 0 Å². The maximum atomic E-state index is 5.74. The average molecular weight is 278 g/mol. The van der Waals surface area contributed by atoms with Crippen molar-refractivity contribution in [1.29, 1.82) is 0 Å². The van der Waals surface area contributed by atoms with Gasteiger partial charge in [-0.2, -0.15) is 0 Å².